The van der Waals surface area contributed by atoms with Gasteiger partial charge in [0.2, 0.25) is 0 Å². The third kappa shape index (κ3) is 5.98. The van der Waals surface area contributed by atoms with Crippen molar-refractivity contribution < 1.29 is 8.83 Å². The number of hydrogen-bond acceptors (Lipinski definition) is 3. The highest BCUT2D eigenvalue weighted by Crippen LogP contribution is 2.47. The van der Waals surface area contributed by atoms with Gasteiger partial charge in [-0.25, -0.2) is 0 Å². The molecule has 0 fully saturated rings. The Morgan fingerprint density at radius 1 is 0.295 bits per heavy atom. The van der Waals surface area contributed by atoms with Crippen LogP contribution in [0.25, 0.3) is 99.2 Å². The van der Waals surface area contributed by atoms with Crippen molar-refractivity contribution in [3.8, 4) is 44.5 Å². The number of benzene rings is 10. The van der Waals surface area contributed by atoms with Crippen molar-refractivity contribution in [1.29, 1.82) is 0 Å². The molecule has 0 spiro atoms. The lowest BCUT2D eigenvalue weighted by Gasteiger charge is -2.26. The summed E-state index contributed by atoms with van der Waals surface area (Å²) in [5.41, 5.74) is 15.8. The van der Waals surface area contributed by atoms with E-state index in [4.69, 9.17) is 8.83 Å². The van der Waals surface area contributed by atoms with Crippen molar-refractivity contribution in [2.24, 2.45) is 0 Å². The quantitative estimate of drug-likeness (QED) is 0.161. The molecule has 0 atom stereocenters. The summed E-state index contributed by atoms with van der Waals surface area (Å²) < 4.78 is 13.3. The zero-order valence-electron chi connectivity index (χ0n) is 33.1. The highest BCUT2D eigenvalue weighted by Gasteiger charge is 2.22. The van der Waals surface area contributed by atoms with Crippen molar-refractivity contribution in [1.82, 2.24) is 0 Å². The van der Waals surface area contributed by atoms with Gasteiger partial charge >= 0.3 is 0 Å². The van der Waals surface area contributed by atoms with Crippen molar-refractivity contribution in [2.75, 3.05) is 4.90 Å². The normalized spacial score (nSPS) is 11.6. The summed E-state index contributed by atoms with van der Waals surface area (Å²) in [6, 6.07) is 79.9. The lowest BCUT2D eigenvalue weighted by molar-refractivity contribution is 0.663. The largest absolute Gasteiger partial charge is 0.456 e. The van der Waals surface area contributed by atoms with Gasteiger partial charge in [0, 0.05) is 44.2 Å². The lowest BCUT2D eigenvalue weighted by Crippen LogP contribution is -2.09. The SMILES string of the molecule is c1ccc(-c2ccc(N(c3ccc(-c4ccccc4)cc3)c3ccc(-c4ccc5c(oc6ccc7oc8ccccc8c7c65)c4-c4ccc5ccccc5c4)cc3)cc2)cc1. The van der Waals surface area contributed by atoms with E-state index >= 15 is 0 Å². The van der Waals surface area contributed by atoms with Gasteiger partial charge < -0.3 is 13.7 Å². The van der Waals surface area contributed by atoms with Gasteiger partial charge in [-0.05, 0) is 116 Å². The van der Waals surface area contributed by atoms with Crippen LogP contribution in [0.2, 0.25) is 0 Å². The third-order valence-electron chi connectivity index (χ3n) is 12.1. The second-order valence-electron chi connectivity index (χ2n) is 15.6. The molecule has 286 valence electrons. The summed E-state index contributed by atoms with van der Waals surface area (Å²) in [6.07, 6.45) is 0. The molecule has 10 aromatic carbocycles. The number of fused-ring (bicyclic) bond motifs is 8. The summed E-state index contributed by atoms with van der Waals surface area (Å²) >= 11 is 0. The van der Waals surface area contributed by atoms with Crippen LogP contribution < -0.4 is 4.90 Å². The predicted molar refractivity (Wildman–Crippen MR) is 255 cm³/mol. The molecule has 2 aromatic heterocycles. The number of anilines is 3. The first-order valence-corrected chi connectivity index (χ1v) is 20.7. The maximum Gasteiger partial charge on any atom is 0.143 e. The fourth-order valence-electron chi connectivity index (χ4n) is 9.12. The molecule has 0 amide bonds. The van der Waals surface area contributed by atoms with Gasteiger partial charge in [-0.2, -0.15) is 0 Å². The summed E-state index contributed by atoms with van der Waals surface area (Å²) in [5, 5.41) is 6.71. The highest BCUT2D eigenvalue weighted by atomic mass is 16.3. The second kappa shape index (κ2) is 14.3. The lowest BCUT2D eigenvalue weighted by atomic mass is 9.91. The van der Waals surface area contributed by atoms with Crippen LogP contribution in [0.1, 0.15) is 0 Å². The molecule has 0 bridgehead atoms. The van der Waals surface area contributed by atoms with Crippen LogP contribution in [0.5, 0.6) is 0 Å². The second-order valence-corrected chi connectivity index (χ2v) is 15.6. The van der Waals surface area contributed by atoms with Gasteiger partial charge in [0.25, 0.3) is 0 Å². The van der Waals surface area contributed by atoms with Gasteiger partial charge in [0.05, 0.1) is 0 Å². The predicted octanol–water partition coefficient (Wildman–Crippen LogP) is 16.8. The fraction of sp³-hybridized carbons (Fsp3) is 0. The molecular weight excluding hydrogens is 743 g/mol. The monoisotopic (exact) mass is 779 g/mol. The smallest absolute Gasteiger partial charge is 0.143 e. The van der Waals surface area contributed by atoms with E-state index in [1.807, 2.05) is 24.3 Å². The Kier molecular flexibility index (Phi) is 8.17. The first-order chi connectivity index (χ1) is 30.2. The van der Waals surface area contributed by atoms with Crippen molar-refractivity contribution >= 4 is 71.7 Å². The zero-order valence-corrected chi connectivity index (χ0v) is 33.1. The summed E-state index contributed by atoms with van der Waals surface area (Å²) in [7, 11) is 0. The third-order valence-corrected chi connectivity index (χ3v) is 12.1. The van der Waals surface area contributed by atoms with Gasteiger partial charge in [0.1, 0.15) is 22.3 Å². The molecule has 0 saturated carbocycles. The van der Waals surface area contributed by atoms with Gasteiger partial charge in [-0.3, -0.25) is 0 Å². The minimum atomic E-state index is 0.843. The molecule has 3 nitrogen and oxygen atoms in total. The fourth-order valence-corrected chi connectivity index (χ4v) is 9.12. The molecule has 0 radical (unpaired) electrons. The van der Waals surface area contributed by atoms with Crippen LogP contribution in [0, 0.1) is 0 Å². The Hall–Kier alpha value is -8.14. The molecule has 12 rings (SSSR count). The molecule has 0 N–H and O–H groups in total. The number of hydrogen-bond donors (Lipinski definition) is 0. The van der Waals surface area contributed by atoms with E-state index in [0.29, 0.717) is 0 Å². The molecule has 2 heterocycles. The Morgan fingerprint density at radius 3 is 1.43 bits per heavy atom. The summed E-state index contributed by atoms with van der Waals surface area (Å²) in [4.78, 5) is 2.33. The van der Waals surface area contributed by atoms with E-state index in [-0.39, 0.29) is 0 Å². The maximum absolute atomic E-state index is 6.95. The molecule has 0 unspecified atom stereocenters. The first-order valence-electron chi connectivity index (χ1n) is 20.7. The van der Waals surface area contributed by atoms with Crippen LogP contribution >= 0.6 is 0 Å². The van der Waals surface area contributed by atoms with E-state index in [2.05, 4.69) is 205 Å². The average molecular weight is 780 g/mol. The standard InChI is InChI=1S/C58H37NO2/c1-3-11-38(12-4-1)41-21-27-46(28-22-41)59(47-29-23-42(24-30-47)39-13-5-2-6-14-39)48-31-25-43(26-32-48)49-33-34-51-57-54(36-35-53-56(57)50-17-9-10-18-52(50)60-53)61-58(51)55(49)45-20-19-40-15-7-8-16-44(40)37-45/h1-37H. The van der Waals surface area contributed by atoms with Crippen molar-refractivity contribution in [3.05, 3.63) is 224 Å². The van der Waals surface area contributed by atoms with Crippen LogP contribution in [0.3, 0.4) is 0 Å². The Bertz CT molecular complexity index is 3460. The summed E-state index contributed by atoms with van der Waals surface area (Å²) in [5.74, 6) is 0. The van der Waals surface area contributed by atoms with Crippen LogP contribution in [-0.4, -0.2) is 0 Å². The van der Waals surface area contributed by atoms with Gasteiger partial charge in [-0.1, -0.05) is 158 Å². The van der Waals surface area contributed by atoms with Crippen LogP contribution in [0.15, 0.2) is 233 Å². The molecule has 0 aliphatic rings. The zero-order chi connectivity index (χ0) is 40.3. The van der Waals surface area contributed by atoms with Crippen LogP contribution in [0.4, 0.5) is 17.1 Å². The first kappa shape index (κ1) is 34.9. The van der Waals surface area contributed by atoms with E-state index in [1.165, 1.54) is 33.0 Å². The Balaban J connectivity index is 1.01. The molecule has 0 aliphatic heterocycles. The highest BCUT2D eigenvalue weighted by molar-refractivity contribution is 6.27. The van der Waals surface area contributed by atoms with E-state index < -0.39 is 0 Å². The molecule has 0 aliphatic carbocycles. The molecule has 61 heavy (non-hydrogen) atoms. The van der Waals surface area contributed by atoms with Crippen LogP contribution in [-0.2, 0) is 0 Å². The van der Waals surface area contributed by atoms with Crippen molar-refractivity contribution in [2.45, 2.75) is 0 Å². The summed E-state index contributed by atoms with van der Waals surface area (Å²) in [6.45, 7) is 0. The number of para-hydroxylation sites is 1. The van der Waals surface area contributed by atoms with Gasteiger partial charge in [0.15, 0.2) is 0 Å². The molecule has 12 aromatic rings. The Labute approximate surface area is 353 Å². The van der Waals surface area contributed by atoms with E-state index in [1.54, 1.807) is 0 Å². The number of nitrogens with zero attached hydrogens (tertiary/aromatic N) is 1. The Morgan fingerprint density at radius 2 is 0.787 bits per heavy atom. The van der Waals surface area contributed by atoms with Gasteiger partial charge in [-0.15, -0.1) is 0 Å². The van der Waals surface area contributed by atoms with Crippen molar-refractivity contribution in [3.63, 3.8) is 0 Å². The average Bonchev–Trinajstić information content (AvgIpc) is 3.91. The molecule has 3 heteroatoms. The maximum atomic E-state index is 6.95. The number of furan rings is 2. The topological polar surface area (TPSA) is 29.5 Å². The number of rotatable bonds is 7. The van der Waals surface area contributed by atoms with E-state index in [9.17, 15) is 0 Å². The minimum Gasteiger partial charge on any atom is -0.456 e. The molecular formula is C58H37NO2. The molecule has 0 saturated heterocycles. The minimum absolute atomic E-state index is 0.843. The van der Waals surface area contributed by atoms with E-state index in [0.717, 1.165) is 83.2 Å².